The molecule has 18 heavy (non-hydrogen) atoms. The van der Waals surface area contributed by atoms with Gasteiger partial charge in [0.1, 0.15) is 5.82 Å². The second kappa shape index (κ2) is 6.19. The van der Waals surface area contributed by atoms with E-state index in [0.717, 1.165) is 17.7 Å². The van der Waals surface area contributed by atoms with E-state index in [9.17, 15) is 4.39 Å². The normalized spacial score (nSPS) is 16.8. The largest absolute Gasteiger partial charge is 0.369 e. The van der Waals surface area contributed by atoms with Crippen LogP contribution >= 0.6 is 0 Å². The van der Waals surface area contributed by atoms with Gasteiger partial charge in [0.05, 0.1) is 5.69 Å². The first kappa shape index (κ1) is 13.3. The van der Waals surface area contributed by atoms with Crippen LogP contribution in [-0.2, 0) is 6.42 Å². The summed E-state index contributed by atoms with van der Waals surface area (Å²) >= 11 is 0. The van der Waals surface area contributed by atoms with E-state index in [-0.39, 0.29) is 5.82 Å². The lowest BCUT2D eigenvalue weighted by molar-refractivity contribution is 0.424. The lowest BCUT2D eigenvalue weighted by Gasteiger charge is -2.33. The molecule has 1 aliphatic rings. The zero-order chi connectivity index (χ0) is 13.0. The maximum atomic E-state index is 14.1. The summed E-state index contributed by atoms with van der Waals surface area (Å²) < 4.78 is 14.1. The van der Waals surface area contributed by atoms with Crippen molar-refractivity contribution in [2.45, 2.75) is 44.6 Å². The highest BCUT2D eigenvalue weighted by Crippen LogP contribution is 2.28. The standard InChI is InChI=1S/C15H23FN2/c1-18(13-5-3-2-4-6-13)15-8-7-12(9-10-17)11-14(15)16/h7-8,11,13H,2-6,9-10,17H2,1H3. The molecular formula is C15H23FN2. The van der Waals surface area contributed by atoms with Crippen molar-refractivity contribution >= 4 is 5.69 Å². The molecule has 0 heterocycles. The quantitative estimate of drug-likeness (QED) is 0.889. The van der Waals surface area contributed by atoms with Gasteiger partial charge in [-0.15, -0.1) is 0 Å². The van der Waals surface area contributed by atoms with E-state index in [0.29, 0.717) is 12.6 Å². The molecule has 0 atom stereocenters. The maximum absolute atomic E-state index is 14.1. The third-order valence-corrected chi connectivity index (χ3v) is 3.95. The minimum absolute atomic E-state index is 0.117. The zero-order valence-electron chi connectivity index (χ0n) is 11.2. The maximum Gasteiger partial charge on any atom is 0.146 e. The van der Waals surface area contributed by atoms with Crippen LogP contribution < -0.4 is 10.6 Å². The topological polar surface area (TPSA) is 29.3 Å². The first-order chi connectivity index (χ1) is 8.72. The van der Waals surface area contributed by atoms with Crippen molar-refractivity contribution < 1.29 is 4.39 Å². The van der Waals surface area contributed by atoms with Gasteiger partial charge in [-0.1, -0.05) is 25.3 Å². The summed E-state index contributed by atoms with van der Waals surface area (Å²) in [4.78, 5) is 2.11. The van der Waals surface area contributed by atoms with Gasteiger partial charge in [-0.3, -0.25) is 0 Å². The predicted molar refractivity (Wildman–Crippen MR) is 74.4 cm³/mol. The number of nitrogens with two attached hydrogens (primary N) is 1. The third kappa shape index (κ3) is 3.02. The van der Waals surface area contributed by atoms with Crippen LogP contribution in [0, 0.1) is 5.82 Å². The molecule has 100 valence electrons. The van der Waals surface area contributed by atoms with E-state index >= 15 is 0 Å². The second-order valence-electron chi connectivity index (χ2n) is 5.23. The van der Waals surface area contributed by atoms with E-state index < -0.39 is 0 Å². The van der Waals surface area contributed by atoms with Crippen LogP contribution in [0.3, 0.4) is 0 Å². The van der Waals surface area contributed by atoms with Crippen LogP contribution in [-0.4, -0.2) is 19.6 Å². The molecule has 1 saturated carbocycles. The monoisotopic (exact) mass is 250 g/mol. The fourth-order valence-electron chi connectivity index (χ4n) is 2.82. The Hall–Kier alpha value is -1.09. The van der Waals surface area contributed by atoms with E-state index in [1.54, 1.807) is 6.07 Å². The highest BCUT2D eigenvalue weighted by Gasteiger charge is 2.20. The number of hydrogen-bond acceptors (Lipinski definition) is 2. The number of rotatable bonds is 4. The second-order valence-corrected chi connectivity index (χ2v) is 5.23. The van der Waals surface area contributed by atoms with Crippen molar-refractivity contribution in [3.8, 4) is 0 Å². The Morgan fingerprint density at radius 3 is 2.61 bits per heavy atom. The molecule has 0 aliphatic heterocycles. The van der Waals surface area contributed by atoms with Crippen molar-refractivity contribution in [1.82, 2.24) is 0 Å². The van der Waals surface area contributed by atoms with Gasteiger partial charge in [0.25, 0.3) is 0 Å². The smallest absolute Gasteiger partial charge is 0.146 e. The predicted octanol–water partition coefficient (Wildman–Crippen LogP) is 3.10. The summed E-state index contributed by atoms with van der Waals surface area (Å²) in [6.45, 7) is 0.567. The molecule has 1 aliphatic carbocycles. The SMILES string of the molecule is CN(c1ccc(CCN)cc1F)C1CCCCC1. The molecular weight excluding hydrogens is 227 g/mol. The Kier molecular flexibility index (Phi) is 4.59. The van der Waals surface area contributed by atoms with Crippen LogP contribution in [0.15, 0.2) is 18.2 Å². The summed E-state index contributed by atoms with van der Waals surface area (Å²) in [5, 5.41) is 0. The minimum Gasteiger partial charge on any atom is -0.369 e. The van der Waals surface area contributed by atoms with Crippen molar-refractivity contribution in [2.75, 3.05) is 18.5 Å². The molecule has 0 aromatic heterocycles. The molecule has 0 radical (unpaired) electrons. The van der Waals surface area contributed by atoms with Crippen LogP contribution in [0.25, 0.3) is 0 Å². The fourth-order valence-corrected chi connectivity index (χ4v) is 2.82. The number of hydrogen-bond donors (Lipinski definition) is 1. The lowest BCUT2D eigenvalue weighted by Crippen LogP contribution is -2.33. The highest BCUT2D eigenvalue weighted by molar-refractivity contribution is 5.49. The van der Waals surface area contributed by atoms with Gasteiger partial charge < -0.3 is 10.6 Å². The molecule has 0 saturated heterocycles. The summed E-state index contributed by atoms with van der Waals surface area (Å²) in [5.74, 6) is -0.117. The van der Waals surface area contributed by atoms with Gasteiger partial charge in [0.2, 0.25) is 0 Å². The molecule has 1 aromatic carbocycles. The number of benzene rings is 1. The molecule has 2 rings (SSSR count). The van der Waals surface area contributed by atoms with Gasteiger partial charge in [0, 0.05) is 13.1 Å². The average Bonchev–Trinajstić information content (AvgIpc) is 2.40. The minimum atomic E-state index is -0.117. The highest BCUT2D eigenvalue weighted by atomic mass is 19.1. The molecule has 3 heteroatoms. The van der Waals surface area contributed by atoms with E-state index in [4.69, 9.17) is 5.73 Å². The first-order valence-electron chi connectivity index (χ1n) is 6.93. The van der Waals surface area contributed by atoms with Crippen molar-refractivity contribution in [1.29, 1.82) is 0 Å². The Morgan fingerprint density at radius 1 is 1.28 bits per heavy atom. The van der Waals surface area contributed by atoms with Crippen molar-refractivity contribution in [2.24, 2.45) is 5.73 Å². The van der Waals surface area contributed by atoms with Gasteiger partial charge in [-0.2, -0.15) is 0 Å². The Bertz CT molecular complexity index is 386. The summed E-state index contributed by atoms with van der Waals surface area (Å²) in [5.41, 5.74) is 7.20. The molecule has 2 N–H and O–H groups in total. The Morgan fingerprint density at radius 2 is 2.00 bits per heavy atom. The van der Waals surface area contributed by atoms with Crippen LogP contribution in [0.1, 0.15) is 37.7 Å². The van der Waals surface area contributed by atoms with E-state index in [1.165, 1.54) is 32.1 Å². The first-order valence-corrected chi connectivity index (χ1v) is 6.93. The Labute approximate surface area is 109 Å². The summed E-state index contributed by atoms with van der Waals surface area (Å²) in [6, 6.07) is 6.01. The van der Waals surface area contributed by atoms with Gasteiger partial charge in [0.15, 0.2) is 0 Å². The molecule has 1 aromatic rings. The lowest BCUT2D eigenvalue weighted by atomic mass is 9.94. The van der Waals surface area contributed by atoms with Crippen molar-refractivity contribution in [3.63, 3.8) is 0 Å². The molecule has 0 bridgehead atoms. The van der Waals surface area contributed by atoms with Crippen molar-refractivity contribution in [3.05, 3.63) is 29.6 Å². The number of nitrogens with zero attached hydrogens (tertiary/aromatic N) is 1. The third-order valence-electron chi connectivity index (χ3n) is 3.95. The van der Waals surface area contributed by atoms with Crippen LogP contribution in [0.4, 0.5) is 10.1 Å². The molecule has 0 spiro atoms. The molecule has 0 amide bonds. The van der Waals surface area contributed by atoms with E-state index in [2.05, 4.69) is 4.90 Å². The van der Waals surface area contributed by atoms with Gasteiger partial charge >= 0.3 is 0 Å². The fraction of sp³-hybridized carbons (Fsp3) is 0.600. The summed E-state index contributed by atoms with van der Waals surface area (Å²) in [6.07, 6.45) is 6.96. The van der Waals surface area contributed by atoms with Gasteiger partial charge in [-0.25, -0.2) is 4.39 Å². The van der Waals surface area contributed by atoms with E-state index in [1.807, 2.05) is 19.2 Å². The number of anilines is 1. The molecule has 1 fully saturated rings. The number of halogens is 1. The zero-order valence-corrected chi connectivity index (χ0v) is 11.2. The van der Waals surface area contributed by atoms with Crippen LogP contribution in [0.5, 0.6) is 0 Å². The average molecular weight is 250 g/mol. The molecule has 2 nitrogen and oxygen atoms in total. The molecule has 0 unspecified atom stereocenters. The summed E-state index contributed by atoms with van der Waals surface area (Å²) in [7, 11) is 2.01. The Balaban J connectivity index is 2.11. The van der Waals surface area contributed by atoms with Gasteiger partial charge in [-0.05, 0) is 43.5 Å². The van der Waals surface area contributed by atoms with Crippen LogP contribution in [0.2, 0.25) is 0 Å².